The second kappa shape index (κ2) is 18.5. The van der Waals surface area contributed by atoms with Crippen LogP contribution in [0.4, 0.5) is 5.69 Å². The molecule has 4 heteroatoms. The number of hydrogen-bond acceptors (Lipinski definition) is 1. The fourth-order valence-electron chi connectivity index (χ4n) is 4.56. The maximum absolute atomic E-state index is 5.06. The van der Waals surface area contributed by atoms with Crippen LogP contribution in [0.2, 0.25) is 0 Å². The third-order valence-electron chi connectivity index (χ3n) is 6.45. The van der Waals surface area contributed by atoms with Crippen LogP contribution in [0.15, 0.2) is 40.9 Å². The van der Waals surface area contributed by atoms with Crippen LogP contribution >= 0.6 is 28.5 Å². The molecular weight excluding hydrogens is 605 g/mol. The first-order chi connectivity index (χ1) is 16.9. The van der Waals surface area contributed by atoms with E-state index in [2.05, 4.69) is 113 Å². The Morgan fingerprint density at radius 2 is 1.49 bits per heavy atom. The van der Waals surface area contributed by atoms with Gasteiger partial charge >= 0.3 is 39.3 Å². The van der Waals surface area contributed by atoms with Crippen LogP contribution in [0.1, 0.15) is 107 Å². The molecule has 0 heterocycles. The van der Waals surface area contributed by atoms with Crippen molar-refractivity contribution < 1.29 is 10.9 Å². The third kappa shape index (κ3) is 11.1. The molecule has 0 aromatic heterocycles. The molecular formula is C31H44Br2NNi. The van der Waals surface area contributed by atoms with E-state index in [0.29, 0.717) is 0 Å². The summed E-state index contributed by atoms with van der Waals surface area (Å²) < 4.78 is 0. The predicted octanol–water partition coefficient (Wildman–Crippen LogP) is 10.8. The van der Waals surface area contributed by atoms with Crippen LogP contribution in [-0.4, -0.2) is 5.71 Å². The van der Waals surface area contributed by atoms with Gasteiger partial charge in [-0.3, -0.25) is 0 Å². The van der Waals surface area contributed by atoms with Crippen molar-refractivity contribution in [2.75, 3.05) is 0 Å². The second-order valence-corrected chi connectivity index (χ2v) is 14.0. The maximum atomic E-state index is 5.06. The Morgan fingerprint density at radius 1 is 0.857 bits per heavy atom. The number of nitrogens with zero attached hydrogens (tertiary/aromatic N) is 1. The molecule has 0 amide bonds. The first-order valence-electron chi connectivity index (χ1n) is 13.1. The molecule has 0 saturated carbocycles. The number of allylic oxidation sites excluding steroid dienone is 1. The molecule has 2 rings (SSSR count). The van der Waals surface area contributed by atoms with E-state index in [4.69, 9.17) is 4.99 Å². The van der Waals surface area contributed by atoms with Crippen LogP contribution in [-0.2, 0) is 36.6 Å². The van der Waals surface area contributed by atoms with Crippen LogP contribution < -0.4 is 0 Å². The van der Waals surface area contributed by atoms with Crippen LogP contribution in [0, 0.1) is 13.0 Å². The summed E-state index contributed by atoms with van der Waals surface area (Å²) in [6.07, 6.45) is 14.0. The molecule has 0 radical (unpaired) electrons. The molecule has 35 heavy (non-hydrogen) atoms. The Bertz CT molecular complexity index is 963. The molecule has 0 aliphatic carbocycles. The van der Waals surface area contributed by atoms with E-state index in [-0.39, 0.29) is 0 Å². The Kier molecular flexibility index (Phi) is 17.1. The molecule has 1 nitrogen and oxygen atoms in total. The summed E-state index contributed by atoms with van der Waals surface area (Å²) in [5.41, 5.74) is 11.9. The van der Waals surface area contributed by atoms with E-state index in [9.17, 15) is 0 Å². The molecule has 2 aromatic carbocycles. The van der Waals surface area contributed by atoms with Gasteiger partial charge in [-0.2, -0.15) is 0 Å². The molecule has 0 fully saturated rings. The molecule has 0 aliphatic rings. The van der Waals surface area contributed by atoms with Crippen molar-refractivity contribution >= 4 is 39.9 Å². The van der Waals surface area contributed by atoms with E-state index in [1.165, 1.54) is 70.0 Å². The Morgan fingerprint density at radius 3 is 2.03 bits per heavy atom. The van der Waals surface area contributed by atoms with Crippen molar-refractivity contribution in [2.24, 2.45) is 4.99 Å². The molecule has 0 aliphatic heterocycles. The summed E-state index contributed by atoms with van der Waals surface area (Å²) in [5.74, 6) is 0. The van der Waals surface area contributed by atoms with E-state index in [0.717, 1.165) is 49.1 Å². The van der Waals surface area contributed by atoms with Gasteiger partial charge in [-0.05, 0) is 74.4 Å². The summed E-state index contributed by atoms with van der Waals surface area (Å²) in [6, 6.07) is 11.4. The fourth-order valence-corrected chi connectivity index (χ4v) is 4.56. The van der Waals surface area contributed by atoms with Crippen molar-refractivity contribution in [3.63, 3.8) is 0 Å². The minimum atomic E-state index is 0.910. The van der Waals surface area contributed by atoms with Gasteiger partial charge in [0.25, 0.3) is 0 Å². The Labute approximate surface area is 236 Å². The van der Waals surface area contributed by atoms with Gasteiger partial charge < -0.3 is 4.99 Å². The third-order valence-corrected chi connectivity index (χ3v) is 6.45. The number of aliphatic imine (C=N–C) groups is 1. The molecule has 0 spiro atoms. The van der Waals surface area contributed by atoms with E-state index in [1.54, 1.807) is 0 Å². The first-order valence-corrected chi connectivity index (χ1v) is 18.0. The van der Waals surface area contributed by atoms with Crippen molar-refractivity contribution in [3.05, 3.63) is 75.4 Å². The second-order valence-electron chi connectivity index (χ2n) is 9.01. The Hall–Kier alpha value is -0.696. The SMILES string of the molecule is CCCCc1cc(N=C(CC)C(C)=[C-]c2cc(C)c(CC)c(CCCC)c2)ccc1CC.[Br][Ni+][Br]. The van der Waals surface area contributed by atoms with Crippen molar-refractivity contribution in [1.82, 2.24) is 0 Å². The van der Waals surface area contributed by atoms with Crippen molar-refractivity contribution in [2.45, 2.75) is 106 Å². The predicted molar refractivity (Wildman–Crippen MR) is 160 cm³/mol. The van der Waals surface area contributed by atoms with Gasteiger partial charge in [0.15, 0.2) is 0 Å². The van der Waals surface area contributed by atoms with Gasteiger partial charge in [0.2, 0.25) is 0 Å². The van der Waals surface area contributed by atoms with Gasteiger partial charge in [-0.1, -0.05) is 83.6 Å². The van der Waals surface area contributed by atoms with Crippen LogP contribution in [0.3, 0.4) is 0 Å². The average molecular weight is 649 g/mol. The molecule has 197 valence electrons. The molecule has 2 aromatic rings. The first kappa shape index (κ1) is 32.3. The quantitative estimate of drug-likeness (QED) is 0.123. The normalized spacial score (nSPS) is 12.0. The summed E-state index contributed by atoms with van der Waals surface area (Å²) in [7, 11) is 1.25. The minimum absolute atomic E-state index is 0.910. The molecule has 0 N–H and O–H groups in total. The molecule has 0 saturated heterocycles. The molecule has 0 bridgehead atoms. The van der Waals surface area contributed by atoms with Crippen molar-refractivity contribution in [1.29, 1.82) is 0 Å². The van der Waals surface area contributed by atoms with Crippen LogP contribution in [0.5, 0.6) is 0 Å². The standard InChI is InChI=1S/C31H44N.2BrH.Ni/c1-8-13-15-27-22-29(18-17-26(27)10-3)32-31(12-5)24(7)20-25-19-23(6)30(11-4)28(21-25)16-14-9-2;;;/h17-19,21-22H,8-16H2,1-7H3;2*1H;/q-1;;;+3/p-2. The zero-order chi connectivity index (χ0) is 26.2. The zero-order valence-corrected chi connectivity index (χ0v) is 26.9. The van der Waals surface area contributed by atoms with Crippen molar-refractivity contribution in [3.8, 4) is 0 Å². The number of unbranched alkanes of at least 4 members (excludes halogenated alkanes) is 2. The monoisotopic (exact) mass is 646 g/mol. The van der Waals surface area contributed by atoms with E-state index < -0.39 is 0 Å². The van der Waals surface area contributed by atoms with Gasteiger partial charge in [0, 0.05) is 0 Å². The number of benzene rings is 2. The fraction of sp³-hybridized carbons (Fsp3) is 0.516. The van der Waals surface area contributed by atoms with Gasteiger partial charge in [0.05, 0.1) is 5.69 Å². The van der Waals surface area contributed by atoms with E-state index in [1.807, 2.05) is 0 Å². The van der Waals surface area contributed by atoms with Crippen LogP contribution in [0.25, 0.3) is 0 Å². The molecule has 0 atom stereocenters. The van der Waals surface area contributed by atoms with Gasteiger partial charge in [0.1, 0.15) is 0 Å². The summed E-state index contributed by atoms with van der Waals surface area (Å²) in [6.45, 7) is 15.6. The summed E-state index contributed by atoms with van der Waals surface area (Å²) in [5, 5.41) is 0. The molecule has 0 unspecified atom stereocenters. The number of aryl methyl sites for hydroxylation is 4. The van der Waals surface area contributed by atoms with E-state index >= 15 is 0 Å². The summed E-state index contributed by atoms with van der Waals surface area (Å²) >= 11 is 6.00. The van der Waals surface area contributed by atoms with Gasteiger partial charge in [-0.15, -0.1) is 29.3 Å². The number of rotatable bonds is 12. The zero-order valence-electron chi connectivity index (χ0n) is 22.8. The number of hydrogen-bond donors (Lipinski definition) is 0. The number of halogens is 2. The average Bonchev–Trinajstić information content (AvgIpc) is 2.85. The topological polar surface area (TPSA) is 12.4 Å². The Balaban J connectivity index is 0.00000194. The van der Waals surface area contributed by atoms with Gasteiger partial charge in [-0.25, -0.2) is 0 Å². The summed E-state index contributed by atoms with van der Waals surface area (Å²) in [4.78, 5) is 5.06.